The number of carbonyl (C=O) groups is 1. The Morgan fingerprint density at radius 1 is 0.970 bits per heavy atom. The van der Waals surface area contributed by atoms with Crippen molar-refractivity contribution in [2.75, 3.05) is 14.2 Å². The van der Waals surface area contributed by atoms with Gasteiger partial charge >= 0.3 is 0 Å². The van der Waals surface area contributed by atoms with Crippen LogP contribution in [0, 0.1) is 0 Å². The van der Waals surface area contributed by atoms with Gasteiger partial charge in [-0.15, -0.1) is 0 Å². The number of methoxy groups -OCH3 is 2. The highest BCUT2D eigenvalue weighted by Crippen LogP contribution is 2.39. The molecular weight excluding hydrogens is 500 g/mol. The standard InChI is InChI=1S/C26H23BrN2O3S/c1-31-22-14-20(13-21(27)24(22)32-2)15-23-25(30)29(17-19-11-7-4-8-12-19)26(33-23)28-16-18-9-5-3-6-10-18/h3-15H,16-17H2,1-2H3. The summed E-state index contributed by atoms with van der Waals surface area (Å²) < 4.78 is 11.6. The number of amides is 1. The highest BCUT2D eigenvalue weighted by atomic mass is 79.9. The molecule has 0 atom stereocenters. The van der Waals surface area contributed by atoms with Gasteiger partial charge in [-0.1, -0.05) is 60.7 Å². The van der Waals surface area contributed by atoms with E-state index in [0.717, 1.165) is 21.2 Å². The zero-order valence-electron chi connectivity index (χ0n) is 18.3. The lowest BCUT2D eigenvalue weighted by Gasteiger charge is -2.15. The van der Waals surface area contributed by atoms with Crippen LogP contribution in [0.3, 0.4) is 0 Å². The quantitative estimate of drug-likeness (QED) is 0.349. The van der Waals surface area contributed by atoms with Gasteiger partial charge < -0.3 is 9.47 Å². The molecule has 0 unspecified atom stereocenters. The molecular formula is C26H23BrN2O3S. The van der Waals surface area contributed by atoms with Crippen LogP contribution in [0.2, 0.25) is 0 Å². The number of nitrogens with zero attached hydrogens (tertiary/aromatic N) is 2. The summed E-state index contributed by atoms with van der Waals surface area (Å²) in [5.41, 5.74) is 2.98. The molecule has 3 aromatic carbocycles. The van der Waals surface area contributed by atoms with Crippen LogP contribution in [0.4, 0.5) is 0 Å². The SMILES string of the molecule is COc1cc(C=C2SC(=NCc3ccccc3)N(Cc3ccccc3)C2=O)cc(Br)c1OC. The molecule has 5 nitrogen and oxygen atoms in total. The zero-order valence-corrected chi connectivity index (χ0v) is 20.7. The van der Waals surface area contributed by atoms with E-state index < -0.39 is 0 Å². The molecule has 0 aromatic heterocycles. The molecule has 1 aliphatic heterocycles. The van der Waals surface area contributed by atoms with Crippen LogP contribution in [0.15, 0.2) is 87.2 Å². The van der Waals surface area contributed by atoms with E-state index in [1.54, 1.807) is 19.1 Å². The van der Waals surface area contributed by atoms with E-state index in [2.05, 4.69) is 15.9 Å². The molecule has 0 bridgehead atoms. The van der Waals surface area contributed by atoms with Crippen LogP contribution in [-0.4, -0.2) is 30.2 Å². The Bertz CT molecular complexity index is 1200. The molecule has 0 aliphatic carbocycles. The van der Waals surface area contributed by atoms with Crippen LogP contribution in [0.5, 0.6) is 11.5 Å². The molecule has 3 aromatic rings. The molecule has 0 radical (unpaired) electrons. The van der Waals surface area contributed by atoms with Crippen LogP contribution in [-0.2, 0) is 17.9 Å². The number of hydrogen-bond donors (Lipinski definition) is 0. The summed E-state index contributed by atoms with van der Waals surface area (Å²) in [5, 5.41) is 0.693. The molecule has 0 N–H and O–H groups in total. The Kier molecular flexibility index (Phi) is 7.52. The largest absolute Gasteiger partial charge is 0.493 e. The lowest BCUT2D eigenvalue weighted by molar-refractivity contribution is -0.122. The van der Waals surface area contributed by atoms with Crippen molar-refractivity contribution in [2.45, 2.75) is 13.1 Å². The van der Waals surface area contributed by atoms with Gasteiger partial charge in [0.15, 0.2) is 16.7 Å². The second-order valence-electron chi connectivity index (χ2n) is 7.31. The molecule has 1 saturated heterocycles. The number of thioether (sulfide) groups is 1. The number of aliphatic imine (C=N–C) groups is 1. The Morgan fingerprint density at radius 2 is 1.64 bits per heavy atom. The van der Waals surface area contributed by atoms with Gasteiger partial charge in [-0.05, 0) is 62.6 Å². The Hall–Kier alpha value is -3.03. The lowest BCUT2D eigenvalue weighted by atomic mass is 10.1. The highest BCUT2D eigenvalue weighted by molar-refractivity contribution is 9.10. The Morgan fingerprint density at radius 3 is 2.27 bits per heavy atom. The molecule has 7 heteroatoms. The first-order valence-electron chi connectivity index (χ1n) is 10.3. The Balaban J connectivity index is 1.67. The van der Waals surface area contributed by atoms with Gasteiger partial charge in [0, 0.05) is 0 Å². The van der Waals surface area contributed by atoms with Gasteiger partial charge in [0.05, 0.1) is 36.7 Å². The van der Waals surface area contributed by atoms with Gasteiger partial charge in [0.2, 0.25) is 0 Å². The highest BCUT2D eigenvalue weighted by Gasteiger charge is 2.33. The fraction of sp³-hybridized carbons (Fsp3) is 0.154. The summed E-state index contributed by atoms with van der Waals surface area (Å²) in [6, 6.07) is 23.7. The minimum absolute atomic E-state index is 0.0680. The maximum atomic E-state index is 13.4. The number of rotatable bonds is 7. The van der Waals surface area contributed by atoms with Crippen LogP contribution in [0.1, 0.15) is 16.7 Å². The van der Waals surface area contributed by atoms with Crippen molar-refractivity contribution in [3.8, 4) is 11.5 Å². The minimum atomic E-state index is -0.0680. The first-order chi connectivity index (χ1) is 16.1. The minimum Gasteiger partial charge on any atom is -0.493 e. The van der Waals surface area contributed by atoms with Crippen molar-refractivity contribution in [1.29, 1.82) is 0 Å². The second kappa shape index (κ2) is 10.7. The van der Waals surface area contributed by atoms with E-state index in [0.29, 0.717) is 34.7 Å². The molecule has 0 saturated carbocycles. The van der Waals surface area contributed by atoms with E-state index >= 15 is 0 Å². The topological polar surface area (TPSA) is 51.1 Å². The molecule has 1 fully saturated rings. The first-order valence-corrected chi connectivity index (χ1v) is 11.9. The predicted molar refractivity (Wildman–Crippen MR) is 137 cm³/mol. The molecule has 4 rings (SSSR count). The molecule has 1 amide bonds. The van der Waals surface area contributed by atoms with E-state index in [1.165, 1.54) is 11.8 Å². The average Bonchev–Trinajstić information content (AvgIpc) is 3.12. The van der Waals surface area contributed by atoms with E-state index in [4.69, 9.17) is 14.5 Å². The van der Waals surface area contributed by atoms with Gasteiger partial charge in [-0.25, -0.2) is 0 Å². The third kappa shape index (κ3) is 5.49. The number of amidine groups is 1. The predicted octanol–water partition coefficient (Wildman–Crippen LogP) is 6.14. The first kappa shape index (κ1) is 23.1. The van der Waals surface area contributed by atoms with Crippen molar-refractivity contribution in [3.63, 3.8) is 0 Å². The summed E-state index contributed by atoms with van der Waals surface area (Å²) in [6.07, 6.45) is 1.86. The van der Waals surface area contributed by atoms with Gasteiger partial charge in [-0.3, -0.25) is 14.7 Å². The van der Waals surface area contributed by atoms with Crippen molar-refractivity contribution in [1.82, 2.24) is 4.90 Å². The van der Waals surface area contributed by atoms with Crippen LogP contribution < -0.4 is 9.47 Å². The fourth-order valence-corrected chi connectivity index (χ4v) is 5.04. The zero-order chi connectivity index (χ0) is 23.2. The summed E-state index contributed by atoms with van der Waals surface area (Å²) in [4.78, 5) is 20.5. The third-order valence-electron chi connectivity index (χ3n) is 5.06. The number of halogens is 1. The number of ether oxygens (including phenoxy) is 2. The van der Waals surface area contributed by atoms with Crippen LogP contribution >= 0.6 is 27.7 Å². The molecule has 168 valence electrons. The maximum Gasteiger partial charge on any atom is 0.267 e. The number of hydrogen-bond acceptors (Lipinski definition) is 5. The summed E-state index contributed by atoms with van der Waals surface area (Å²) in [6.45, 7) is 0.976. The van der Waals surface area contributed by atoms with E-state index in [1.807, 2.05) is 78.9 Å². The second-order valence-corrected chi connectivity index (χ2v) is 9.17. The van der Waals surface area contributed by atoms with Gasteiger partial charge in [0.1, 0.15) is 0 Å². The molecule has 33 heavy (non-hydrogen) atoms. The Labute approximate surface area is 206 Å². The smallest absolute Gasteiger partial charge is 0.267 e. The van der Waals surface area contributed by atoms with E-state index in [9.17, 15) is 4.79 Å². The number of carbonyl (C=O) groups excluding carboxylic acids is 1. The average molecular weight is 523 g/mol. The summed E-state index contributed by atoms with van der Waals surface area (Å²) in [7, 11) is 3.18. The van der Waals surface area contributed by atoms with Gasteiger partial charge in [-0.2, -0.15) is 0 Å². The monoisotopic (exact) mass is 522 g/mol. The third-order valence-corrected chi connectivity index (χ3v) is 6.70. The van der Waals surface area contributed by atoms with Gasteiger partial charge in [0.25, 0.3) is 5.91 Å². The normalized spacial score (nSPS) is 16.0. The van der Waals surface area contributed by atoms with Crippen molar-refractivity contribution < 1.29 is 14.3 Å². The van der Waals surface area contributed by atoms with Crippen LogP contribution in [0.25, 0.3) is 6.08 Å². The van der Waals surface area contributed by atoms with Crippen molar-refractivity contribution >= 4 is 44.8 Å². The molecule has 0 spiro atoms. The maximum absolute atomic E-state index is 13.4. The van der Waals surface area contributed by atoms with Crippen molar-refractivity contribution in [2.24, 2.45) is 4.99 Å². The fourth-order valence-electron chi connectivity index (χ4n) is 3.45. The number of benzene rings is 3. The lowest BCUT2D eigenvalue weighted by Crippen LogP contribution is -2.28. The molecule has 1 heterocycles. The van der Waals surface area contributed by atoms with E-state index in [-0.39, 0.29) is 5.91 Å². The summed E-state index contributed by atoms with van der Waals surface area (Å²) >= 11 is 4.91. The summed E-state index contributed by atoms with van der Waals surface area (Å²) in [5.74, 6) is 1.13. The van der Waals surface area contributed by atoms with Crippen molar-refractivity contribution in [3.05, 3.63) is 98.9 Å². The molecule has 1 aliphatic rings.